The predicted octanol–water partition coefficient (Wildman–Crippen LogP) is 2.58. The average Bonchev–Trinajstić information content (AvgIpc) is 2.98. The van der Waals surface area contributed by atoms with E-state index >= 15 is 0 Å². The molecule has 0 N–H and O–H groups in total. The van der Waals surface area contributed by atoms with Crippen molar-refractivity contribution < 1.29 is 9.53 Å². The molecule has 3 aromatic heterocycles. The zero-order valence-corrected chi connectivity index (χ0v) is 16.5. The van der Waals surface area contributed by atoms with E-state index < -0.39 is 0 Å². The van der Waals surface area contributed by atoms with Gasteiger partial charge in [-0.3, -0.25) is 9.78 Å². The smallest absolute Gasteiger partial charge is 0.242 e. The second kappa shape index (κ2) is 7.73. The summed E-state index contributed by atoms with van der Waals surface area (Å²) in [5, 5.41) is 5.29. The van der Waals surface area contributed by atoms with Crippen LogP contribution in [-0.2, 0) is 24.8 Å². The summed E-state index contributed by atoms with van der Waals surface area (Å²) in [4.78, 5) is 23.1. The Morgan fingerprint density at radius 1 is 1.33 bits per heavy atom. The number of methoxy groups -OCH3 is 1. The molecule has 3 aromatic rings. The number of fused-ring (bicyclic) bond motifs is 1. The van der Waals surface area contributed by atoms with Crippen molar-refractivity contribution in [2.75, 3.05) is 14.2 Å². The molecular formula is C20H25N5O2. The summed E-state index contributed by atoms with van der Waals surface area (Å²) in [5.41, 5.74) is 4.89. The molecule has 142 valence electrons. The van der Waals surface area contributed by atoms with Crippen LogP contribution in [0.4, 0.5) is 0 Å². The minimum Gasteiger partial charge on any atom is -0.479 e. The van der Waals surface area contributed by atoms with E-state index in [-0.39, 0.29) is 5.91 Å². The largest absolute Gasteiger partial charge is 0.479 e. The maximum atomic E-state index is 12.6. The molecule has 0 saturated heterocycles. The summed E-state index contributed by atoms with van der Waals surface area (Å²) in [6, 6.07) is 3.85. The van der Waals surface area contributed by atoms with Crippen molar-refractivity contribution in [2.45, 2.75) is 33.2 Å². The van der Waals surface area contributed by atoms with Crippen LogP contribution in [0, 0.1) is 13.8 Å². The lowest BCUT2D eigenvalue weighted by Gasteiger charge is -2.18. The molecule has 3 heterocycles. The topological polar surface area (TPSA) is 73.1 Å². The lowest BCUT2D eigenvalue weighted by molar-refractivity contribution is -0.130. The Balaban J connectivity index is 1.77. The van der Waals surface area contributed by atoms with Crippen molar-refractivity contribution in [2.24, 2.45) is 7.05 Å². The van der Waals surface area contributed by atoms with E-state index in [1.54, 1.807) is 29.1 Å². The first-order valence-corrected chi connectivity index (χ1v) is 8.92. The van der Waals surface area contributed by atoms with Gasteiger partial charge in [0, 0.05) is 45.1 Å². The standard InChI is InChI=1S/C20H25N5O2/c1-13-16(14(2)22-19-18(13)20(27-5)23-25(19)4)8-9-17(26)24(3)12-15-7-6-10-21-11-15/h6-7,10-11H,8-9,12H2,1-5H3. The molecule has 0 bridgehead atoms. The molecule has 0 aromatic carbocycles. The summed E-state index contributed by atoms with van der Waals surface area (Å²) in [6.45, 7) is 4.57. The maximum absolute atomic E-state index is 12.6. The van der Waals surface area contributed by atoms with Gasteiger partial charge in [-0.05, 0) is 43.0 Å². The van der Waals surface area contributed by atoms with Gasteiger partial charge < -0.3 is 9.64 Å². The maximum Gasteiger partial charge on any atom is 0.242 e. The molecule has 7 heteroatoms. The van der Waals surface area contributed by atoms with Gasteiger partial charge in [0.1, 0.15) is 0 Å². The van der Waals surface area contributed by atoms with Crippen LogP contribution in [0.25, 0.3) is 11.0 Å². The van der Waals surface area contributed by atoms with Gasteiger partial charge in [0.05, 0.1) is 12.5 Å². The van der Waals surface area contributed by atoms with E-state index in [1.165, 1.54) is 0 Å². The fourth-order valence-corrected chi connectivity index (χ4v) is 3.38. The summed E-state index contributed by atoms with van der Waals surface area (Å²) >= 11 is 0. The summed E-state index contributed by atoms with van der Waals surface area (Å²) in [7, 11) is 5.28. The third-order valence-corrected chi connectivity index (χ3v) is 4.87. The molecule has 0 aliphatic rings. The molecule has 7 nitrogen and oxygen atoms in total. The highest BCUT2D eigenvalue weighted by Crippen LogP contribution is 2.30. The lowest BCUT2D eigenvalue weighted by atomic mass is 10.00. The second-order valence-electron chi connectivity index (χ2n) is 6.74. The molecule has 0 spiro atoms. The quantitative estimate of drug-likeness (QED) is 0.669. The number of aryl methyl sites for hydroxylation is 3. The highest BCUT2D eigenvalue weighted by Gasteiger charge is 2.19. The highest BCUT2D eigenvalue weighted by atomic mass is 16.5. The number of amides is 1. The minimum absolute atomic E-state index is 0.0934. The van der Waals surface area contributed by atoms with Crippen LogP contribution in [0.3, 0.4) is 0 Å². The molecule has 0 aliphatic heterocycles. The Kier molecular flexibility index (Phi) is 5.39. The molecule has 27 heavy (non-hydrogen) atoms. The first-order chi connectivity index (χ1) is 12.9. The third-order valence-electron chi connectivity index (χ3n) is 4.87. The average molecular weight is 367 g/mol. The Labute approximate surface area is 159 Å². The number of pyridine rings is 2. The van der Waals surface area contributed by atoms with Crippen molar-refractivity contribution in [1.29, 1.82) is 0 Å². The first-order valence-electron chi connectivity index (χ1n) is 8.92. The highest BCUT2D eigenvalue weighted by molar-refractivity contribution is 5.86. The van der Waals surface area contributed by atoms with E-state index in [9.17, 15) is 4.79 Å². The van der Waals surface area contributed by atoms with Crippen LogP contribution in [0.1, 0.15) is 28.8 Å². The Bertz CT molecular complexity index is 966. The number of hydrogen-bond donors (Lipinski definition) is 0. The van der Waals surface area contributed by atoms with Crippen LogP contribution in [0.15, 0.2) is 24.5 Å². The molecule has 1 amide bonds. The summed E-state index contributed by atoms with van der Waals surface area (Å²) < 4.78 is 7.13. The fourth-order valence-electron chi connectivity index (χ4n) is 3.38. The number of aromatic nitrogens is 4. The van der Waals surface area contributed by atoms with Gasteiger partial charge in [-0.1, -0.05) is 6.07 Å². The van der Waals surface area contributed by atoms with Crippen molar-refractivity contribution >= 4 is 16.9 Å². The molecule has 0 fully saturated rings. The predicted molar refractivity (Wildman–Crippen MR) is 104 cm³/mol. The van der Waals surface area contributed by atoms with Crippen LogP contribution in [-0.4, -0.2) is 44.7 Å². The number of ether oxygens (including phenoxy) is 1. The van der Waals surface area contributed by atoms with Gasteiger partial charge in [-0.2, -0.15) is 0 Å². The van der Waals surface area contributed by atoms with E-state index in [0.29, 0.717) is 25.3 Å². The van der Waals surface area contributed by atoms with Gasteiger partial charge >= 0.3 is 0 Å². The van der Waals surface area contributed by atoms with Gasteiger partial charge in [0.2, 0.25) is 11.8 Å². The molecular weight excluding hydrogens is 342 g/mol. The van der Waals surface area contributed by atoms with Crippen LogP contribution >= 0.6 is 0 Å². The zero-order valence-electron chi connectivity index (χ0n) is 16.5. The summed E-state index contributed by atoms with van der Waals surface area (Å²) in [5.74, 6) is 0.662. The van der Waals surface area contributed by atoms with Gasteiger partial charge in [0.15, 0.2) is 5.65 Å². The monoisotopic (exact) mass is 367 g/mol. The normalized spacial score (nSPS) is 11.0. The molecule has 0 radical (unpaired) electrons. The van der Waals surface area contributed by atoms with E-state index in [4.69, 9.17) is 4.74 Å². The SMILES string of the molecule is COc1nn(C)c2nc(C)c(CCC(=O)N(C)Cc3cccnc3)c(C)c12. The second-order valence-corrected chi connectivity index (χ2v) is 6.74. The number of rotatable bonds is 6. The molecule has 0 aliphatic carbocycles. The number of carbonyl (C=O) groups excluding carboxylic acids is 1. The van der Waals surface area contributed by atoms with Crippen molar-refractivity contribution in [1.82, 2.24) is 24.6 Å². The fraction of sp³-hybridized carbons (Fsp3) is 0.400. The van der Waals surface area contributed by atoms with Crippen LogP contribution < -0.4 is 4.74 Å². The number of hydrogen-bond acceptors (Lipinski definition) is 5. The minimum atomic E-state index is 0.0934. The lowest BCUT2D eigenvalue weighted by Crippen LogP contribution is -2.26. The van der Waals surface area contributed by atoms with Gasteiger partial charge in [0.25, 0.3) is 0 Å². The van der Waals surface area contributed by atoms with Crippen molar-refractivity contribution in [3.05, 3.63) is 46.9 Å². The number of nitrogens with zero attached hydrogens (tertiary/aromatic N) is 5. The molecule has 0 saturated carbocycles. The van der Waals surface area contributed by atoms with E-state index in [0.717, 1.165) is 33.4 Å². The third kappa shape index (κ3) is 3.77. The molecule has 0 unspecified atom stereocenters. The summed E-state index contributed by atoms with van der Waals surface area (Å²) in [6.07, 6.45) is 4.57. The first kappa shape index (κ1) is 18.8. The van der Waals surface area contributed by atoms with E-state index in [2.05, 4.69) is 15.1 Å². The Morgan fingerprint density at radius 3 is 2.78 bits per heavy atom. The number of carbonyl (C=O) groups is 1. The van der Waals surface area contributed by atoms with Crippen molar-refractivity contribution in [3.8, 4) is 5.88 Å². The van der Waals surface area contributed by atoms with Gasteiger partial charge in [-0.25, -0.2) is 9.67 Å². The molecule has 0 atom stereocenters. The van der Waals surface area contributed by atoms with Crippen LogP contribution in [0.5, 0.6) is 5.88 Å². The Hall–Kier alpha value is -2.96. The van der Waals surface area contributed by atoms with E-state index in [1.807, 2.05) is 40.1 Å². The zero-order chi connectivity index (χ0) is 19.6. The van der Waals surface area contributed by atoms with Crippen molar-refractivity contribution in [3.63, 3.8) is 0 Å². The molecule has 3 rings (SSSR count). The van der Waals surface area contributed by atoms with Crippen LogP contribution in [0.2, 0.25) is 0 Å². The van der Waals surface area contributed by atoms with Gasteiger partial charge in [-0.15, -0.1) is 5.10 Å². The Morgan fingerprint density at radius 2 is 2.11 bits per heavy atom.